The maximum absolute atomic E-state index is 13.0. The van der Waals surface area contributed by atoms with Gasteiger partial charge in [0.25, 0.3) is 5.56 Å². The van der Waals surface area contributed by atoms with Crippen molar-refractivity contribution in [3.05, 3.63) is 10.4 Å². The minimum Gasteiger partial charge on any atom is -0.465 e. The van der Waals surface area contributed by atoms with Gasteiger partial charge in [0.15, 0.2) is 11.2 Å². The molecule has 0 amide bonds. The Hall–Kier alpha value is -3.06. The Balaban J connectivity index is 2.04. The lowest BCUT2D eigenvalue weighted by molar-refractivity contribution is -0.140. The number of imidazole rings is 1. The Bertz CT molecular complexity index is 977. The van der Waals surface area contributed by atoms with Crippen molar-refractivity contribution in [2.75, 3.05) is 49.5 Å². The topological polar surface area (TPSA) is 106 Å². The average molecular weight is 387 g/mol. The number of carbonyl (C=O) groups is 1. The van der Waals surface area contributed by atoms with Crippen molar-refractivity contribution < 1.29 is 9.53 Å². The fraction of sp³-hybridized carbons (Fsp3) is 0.556. The summed E-state index contributed by atoms with van der Waals surface area (Å²) in [5, 5.41) is 6.16. The monoisotopic (exact) mass is 387 g/mol. The zero-order valence-electron chi connectivity index (χ0n) is 16.4. The van der Waals surface area contributed by atoms with Crippen LogP contribution in [0.5, 0.6) is 0 Å². The van der Waals surface area contributed by atoms with Crippen molar-refractivity contribution in [2.24, 2.45) is 7.05 Å². The molecular weight excluding hydrogens is 362 g/mol. The quantitative estimate of drug-likeness (QED) is 0.507. The molecule has 0 atom stereocenters. The van der Waals surface area contributed by atoms with E-state index in [0.717, 1.165) is 26.2 Å². The number of rotatable bonds is 6. The second-order valence-corrected chi connectivity index (χ2v) is 6.29. The van der Waals surface area contributed by atoms with Crippen molar-refractivity contribution in [1.82, 2.24) is 24.4 Å². The highest BCUT2D eigenvalue weighted by atomic mass is 16.5. The highest BCUT2D eigenvalue weighted by molar-refractivity contribution is 5.77. The largest absolute Gasteiger partial charge is 0.465 e. The summed E-state index contributed by atoms with van der Waals surface area (Å²) < 4.78 is 8.10. The summed E-state index contributed by atoms with van der Waals surface area (Å²) in [6.45, 7) is 7.35. The molecule has 10 nitrogen and oxygen atoms in total. The molecule has 0 radical (unpaired) electrons. The molecular formula is C18H25N7O3. The van der Waals surface area contributed by atoms with Gasteiger partial charge in [-0.25, -0.2) is 0 Å². The van der Waals surface area contributed by atoms with Crippen LogP contribution in [-0.2, 0) is 23.1 Å². The molecule has 2 aromatic rings. The van der Waals surface area contributed by atoms with Crippen LogP contribution < -0.4 is 21.1 Å². The zero-order valence-corrected chi connectivity index (χ0v) is 16.4. The van der Waals surface area contributed by atoms with Gasteiger partial charge in [-0.15, -0.1) is 5.92 Å². The number of ether oxygens (including phenoxy) is 1. The number of carbonyl (C=O) groups excluding carboxylic acids is 1. The summed E-state index contributed by atoms with van der Waals surface area (Å²) in [6, 6.07) is 0. The predicted octanol–water partition coefficient (Wildman–Crippen LogP) is -0.462. The van der Waals surface area contributed by atoms with Gasteiger partial charge in [0.1, 0.15) is 6.54 Å². The van der Waals surface area contributed by atoms with Gasteiger partial charge in [-0.2, -0.15) is 9.97 Å². The van der Waals surface area contributed by atoms with Crippen LogP contribution in [0.15, 0.2) is 4.79 Å². The van der Waals surface area contributed by atoms with E-state index in [1.807, 2.05) is 4.57 Å². The first-order valence-electron chi connectivity index (χ1n) is 9.28. The predicted molar refractivity (Wildman–Crippen MR) is 106 cm³/mol. The molecule has 3 heterocycles. The van der Waals surface area contributed by atoms with Crippen LogP contribution in [0.4, 0.5) is 11.9 Å². The number of fused-ring (bicyclic) bond motifs is 1. The highest BCUT2D eigenvalue weighted by Crippen LogP contribution is 2.20. The third kappa shape index (κ3) is 3.94. The maximum Gasteiger partial charge on any atom is 0.325 e. The summed E-state index contributed by atoms with van der Waals surface area (Å²) in [6.07, 6.45) is 0. The Labute approximate surface area is 162 Å². The first kappa shape index (κ1) is 19.7. The number of nitrogens with zero attached hydrogens (tertiary/aromatic N) is 5. The molecule has 0 bridgehead atoms. The molecule has 0 spiro atoms. The van der Waals surface area contributed by atoms with Gasteiger partial charge < -0.3 is 20.3 Å². The van der Waals surface area contributed by atoms with E-state index in [1.165, 1.54) is 4.57 Å². The van der Waals surface area contributed by atoms with Gasteiger partial charge >= 0.3 is 5.97 Å². The van der Waals surface area contributed by atoms with Gasteiger partial charge in [-0.1, -0.05) is 5.92 Å². The van der Waals surface area contributed by atoms with E-state index < -0.39 is 5.97 Å². The van der Waals surface area contributed by atoms with Crippen LogP contribution >= 0.6 is 0 Å². The lowest BCUT2D eigenvalue weighted by Gasteiger charge is -2.28. The van der Waals surface area contributed by atoms with Gasteiger partial charge in [0.2, 0.25) is 11.9 Å². The lowest BCUT2D eigenvalue weighted by atomic mass is 10.4. The van der Waals surface area contributed by atoms with Crippen molar-refractivity contribution in [1.29, 1.82) is 0 Å². The minimum atomic E-state index is -0.415. The number of esters is 1. The fourth-order valence-corrected chi connectivity index (χ4v) is 3.08. The number of nitrogens with one attached hydrogen (secondary N) is 2. The fourth-order valence-electron chi connectivity index (χ4n) is 3.08. The first-order valence-corrected chi connectivity index (χ1v) is 9.28. The SMILES string of the molecule is CC#CCn1c(N2CCNCC2)nc2nc(NCC(=O)OCC)n(C)c(=O)c21. The standard InChI is InChI=1S/C18H25N7O3/c1-4-6-9-25-14-15(22-18(25)24-10-7-19-8-11-24)21-17(23(3)16(14)27)20-12-13(26)28-5-2/h19H,5,7-12H2,1-3H3,(H,20,21). The van der Waals surface area contributed by atoms with Gasteiger partial charge in [-0.05, 0) is 13.8 Å². The Morgan fingerprint density at radius 2 is 2.07 bits per heavy atom. The minimum absolute atomic E-state index is 0.0771. The molecule has 0 saturated carbocycles. The third-order valence-corrected chi connectivity index (χ3v) is 4.48. The maximum atomic E-state index is 13.0. The van der Waals surface area contributed by atoms with Crippen LogP contribution in [0.2, 0.25) is 0 Å². The summed E-state index contributed by atoms with van der Waals surface area (Å²) >= 11 is 0. The molecule has 10 heteroatoms. The third-order valence-electron chi connectivity index (χ3n) is 4.48. The van der Waals surface area contributed by atoms with Crippen LogP contribution in [-0.4, -0.2) is 64.4 Å². The highest BCUT2D eigenvalue weighted by Gasteiger charge is 2.23. The average Bonchev–Trinajstić information content (AvgIpc) is 3.07. The molecule has 1 aliphatic rings. The summed E-state index contributed by atoms with van der Waals surface area (Å²) in [4.78, 5) is 35.9. The van der Waals surface area contributed by atoms with Crippen molar-refractivity contribution in [3.8, 4) is 11.8 Å². The van der Waals surface area contributed by atoms with Gasteiger partial charge in [0.05, 0.1) is 13.2 Å². The normalized spacial score (nSPS) is 13.9. The Morgan fingerprint density at radius 1 is 1.32 bits per heavy atom. The molecule has 150 valence electrons. The Morgan fingerprint density at radius 3 is 2.75 bits per heavy atom. The van der Waals surface area contributed by atoms with E-state index in [1.54, 1.807) is 20.9 Å². The molecule has 28 heavy (non-hydrogen) atoms. The molecule has 0 unspecified atom stereocenters. The molecule has 2 N–H and O–H groups in total. The Kier molecular flexibility index (Phi) is 6.16. The molecule has 1 aliphatic heterocycles. The van der Waals surface area contributed by atoms with E-state index in [2.05, 4.69) is 37.3 Å². The van der Waals surface area contributed by atoms with Crippen molar-refractivity contribution >= 4 is 29.0 Å². The summed E-state index contributed by atoms with van der Waals surface area (Å²) in [5.41, 5.74) is 0.490. The lowest BCUT2D eigenvalue weighted by Crippen LogP contribution is -2.44. The van der Waals surface area contributed by atoms with Gasteiger partial charge in [-0.3, -0.25) is 18.7 Å². The second-order valence-electron chi connectivity index (χ2n) is 6.29. The molecule has 0 aromatic carbocycles. The first-order chi connectivity index (χ1) is 13.6. The molecule has 1 fully saturated rings. The van der Waals surface area contributed by atoms with Crippen molar-refractivity contribution in [2.45, 2.75) is 20.4 Å². The molecule has 2 aromatic heterocycles. The molecule has 1 saturated heterocycles. The summed E-state index contributed by atoms with van der Waals surface area (Å²) in [7, 11) is 1.61. The van der Waals surface area contributed by atoms with Crippen LogP contribution in [0, 0.1) is 11.8 Å². The number of hydrogen-bond donors (Lipinski definition) is 2. The second kappa shape index (κ2) is 8.75. The van der Waals surface area contributed by atoms with Crippen molar-refractivity contribution in [3.63, 3.8) is 0 Å². The number of piperazine rings is 1. The van der Waals surface area contributed by atoms with E-state index >= 15 is 0 Å². The summed E-state index contributed by atoms with van der Waals surface area (Å²) in [5.74, 6) is 6.42. The van der Waals surface area contributed by atoms with Crippen LogP contribution in [0.1, 0.15) is 13.8 Å². The van der Waals surface area contributed by atoms with Crippen LogP contribution in [0.25, 0.3) is 11.2 Å². The van der Waals surface area contributed by atoms with E-state index in [4.69, 9.17) is 4.74 Å². The van der Waals surface area contributed by atoms with E-state index in [-0.39, 0.29) is 18.1 Å². The smallest absolute Gasteiger partial charge is 0.325 e. The molecule has 0 aliphatic carbocycles. The number of hydrogen-bond acceptors (Lipinski definition) is 8. The van der Waals surface area contributed by atoms with E-state index in [9.17, 15) is 9.59 Å². The van der Waals surface area contributed by atoms with Gasteiger partial charge in [0, 0.05) is 33.2 Å². The van der Waals surface area contributed by atoms with Crippen LogP contribution in [0.3, 0.4) is 0 Å². The zero-order chi connectivity index (χ0) is 20.1. The number of anilines is 2. The number of aromatic nitrogens is 4. The van der Waals surface area contributed by atoms with E-state index in [0.29, 0.717) is 30.3 Å². The molecule has 3 rings (SSSR count).